The van der Waals surface area contributed by atoms with Gasteiger partial charge in [-0.15, -0.1) is 0 Å². The lowest BCUT2D eigenvalue weighted by Crippen LogP contribution is -2.60. The van der Waals surface area contributed by atoms with Crippen LogP contribution >= 0.6 is 0 Å². The molecular weight excluding hydrogens is 832 g/mol. The number of aromatic nitrogens is 1. The highest BCUT2D eigenvalue weighted by Gasteiger charge is 2.62. The maximum atomic E-state index is 15.0. The zero-order chi connectivity index (χ0) is 44.8. The number of allylic oxidation sites excluding steroid dienone is 1. The second-order valence-corrected chi connectivity index (χ2v) is 19.6. The average Bonchev–Trinajstić information content (AvgIpc) is 4.14. The van der Waals surface area contributed by atoms with E-state index in [1.54, 1.807) is 32.2 Å². The Balaban J connectivity index is 1.26. The molecule has 8 atom stereocenters. The zero-order valence-corrected chi connectivity index (χ0v) is 36.1. The van der Waals surface area contributed by atoms with Crippen LogP contribution in [-0.4, -0.2) is 102 Å². The van der Waals surface area contributed by atoms with Crippen LogP contribution in [0.15, 0.2) is 66.7 Å². The molecule has 2 aliphatic carbocycles. The van der Waals surface area contributed by atoms with Crippen LogP contribution < -0.4 is 24.8 Å². The Bertz CT molecular complexity index is 2310. The third-order valence-electron chi connectivity index (χ3n) is 12.4. The zero-order valence-electron chi connectivity index (χ0n) is 35.3. The van der Waals surface area contributed by atoms with Crippen LogP contribution in [0.4, 0.5) is 13.2 Å². The van der Waals surface area contributed by atoms with E-state index >= 15 is 0 Å². The number of nitrogens with zero attached hydrogens (tertiary/aromatic N) is 2. The molecule has 3 amide bonds. The molecule has 3 fully saturated rings. The third kappa shape index (κ3) is 9.72. The summed E-state index contributed by atoms with van der Waals surface area (Å²) in [6.45, 7) is 5.01. The van der Waals surface area contributed by atoms with Crippen LogP contribution in [-0.2, 0) is 29.1 Å². The van der Waals surface area contributed by atoms with E-state index in [1.165, 1.54) is 4.90 Å². The van der Waals surface area contributed by atoms with Gasteiger partial charge in [-0.25, -0.2) is 13.4 Å². The summed E-state index contributed by atoms with van der Waals surface area (Å²) in [4.78, 5) is 49.6. The summed E-state index contributed by atoms with van der Waals surface area (Å²) >= 11 is 0. The van der Waals surface area contributed by atoms with Gasteiger partial charge in [-0.2, -0.15) is 13.2 Å². The van der Waals surface area contributed by atoms with Gasteiger partial charge >= 0.3 is 6.18 Å². The molecule has 1 unspecified atom stereocenters. The van der Waals surface area contributed by atoms with Gasteiger partial charge in [0.25, 0.3) is 5.91 Å². The summed E-state index contributed by atoms with van der Waals surface area (Å²) in [6, 6.07) is 14.0. The number of nitrogens with one attached hydrogen (secondary N) is 3. The lowest BCUT2D eigenvalue weighted by molar-refractivity contribution is -0.310. The maximum Gasteiger partial charge on any atom is 0.417 e. The molecule has 2 aliphatic heterocycles. The van der Waals surface area contributed by atoms with Gasteiger partial charge in [-0.05, 0) is 93.9 Å². The number of alkyl halides is 3. The number of pyridine rings is 1. The molecule has 2 aromatic carbocycles. The van der Waals surface area contributed by atoms with Crippen LogP contribution in [0.2, 0.25) is 0 Å². The van der Waals surface area contributed by atoms with Crippen LogP contribution in [0.5, 0.6) is 11.6 Å². The summed E-state index contributed by atoms with van der Waals surface area (Å²) in [5, 5.41) is 17.0. The number of aliphatic hydroxyl groups is 1. The van der Waals surface area contributed by atoms with Crippen LogP contribution in [0, 0.1) is 17.8 Å². The van der Waals surface area contributed by atoms with Crippen LogP contribution in [0.3, 0.4) is 0 Å². The first kappa shape index (κ1) is 45.3. The van der Waals surface area contributed by atoms with Gasteiger partial charge in [0.15, 0.2) is 5.60 Å². The van der Waals surface area contributed by atoms with Gasteiger partial charge in [0, 0.05) is 23.3 Å². The number of amides is 3. The van der Waals surface area contributed by atoms with Gasteiger partial charge in [0.2, 0.25) is 34.1 Å². The Morgan fingerprint density at radius 1 is 1.05 bits per heavy atom. The SMILES string of the molecule is COc1ccc2c(O[C@@H]3C[C@H]4C(=O)N[C@]5(C(=O)NS(=O)(=O)C6CC6)C[C@H]5/C=C\CC[C@H](C)C[C@@H](C)[C@H](NC(O)OC(C)(C)C(F)(F)F)C(=O)N4C3)nc(-c3ccccc3)cc2c1. The van der Waals surface area contributed by atoms with Crippen molar-refractivity contribution in [1.82, 2.24) is 25.2 Å². The summed E-state index contributed by atoms with van der Waals surface area (Å²) in [5.41, 5.74) is -3.05. The normalized spacial score (nSPS) is 28.4. The molecule has 3 heterocycles. The molecule has 14 nitrogen and oxygen atoms in total. The highest BCUT2D eigenvalue weighted by molar-refractivity contribution is 7.91. The number of methoxy groups -OCH3 is 1. The molecule has 18 heteroatoms. The number of aliphatic hydroxyl groups excluding tert-OH is 1. The van der Waals surface area contributed by atoms with Crippen molar-refractivity contribution >= 4 is 38.5 Å². The van der Waals surface area contributed by atoms with Crippen molar-refractivity contribution in [3.05, 3.63) is 66.7 Å². The summed E-state index contributed by atoms with van der Waals surface area (Å²) < 4.78 is 86.8. The molecule has 7 rings (SSSR count). The standard InChI is InChI=1S/C44H54F3N5O9S/c1-25-11-9-10-14-29-23-43(29,40(55)51-62(57,58)32-16-17-32)50-37(53)35-22-31(24-52(35)39(54)36(26(2)19-25)49-41(56)61-42(3,4)44(45,46)47)60-38-33-18-15-30(59-5)20-28(33)21-34(48-38)27-12-7-6-8-13-27/h6-8,10,12-15,18,20-21,25-26,29,31-32,35-36,41,49,56H,9,11,16-17,19,22-24H2,1-5H3,(H,50,53)(H,51,55)/b14-10-/t25-,26+,29+,31+,35-,36-,41?,43+/m0/s1. The number of fused-ring (bicyclic) bond motifs is 3. The van der Waals surface area contributed by atoms with E-state index < -0.39 is 86.7 Å². The maximum absolute atomic E-state index is 15.0. The number of carbonyl (C=O) groups is 3. The first-order valence-corrected chi connectivity index (χ1v) is 22.5. The van der Waals surface area contributed by atoms with Crippen molar-refractivity contribution in [3.8, 4) is 22.9 Å². The van der Waals surface area contributed by atoms with Gasteiger partial charge in [-0.3, -0.25) is 24.4 Å². The fourth-order valence-electron chi connectivity index (χ4n) is 8.40. The van der Waals surface area contributed by atoms with Crippen molar-refractivity contribution in [3.63, 3.8) is 0 Å². The minimum atomic E-state index is -4.86. The molecule has 336 valence electrons. The third-order valence-corrected chi connectivity index (χ3v) is 14.2. The molecular formula is C44H54F3N5O9S. The Hall–Kier alpha value is -4.78. The molecule has 1 aromatic heterocycles. The minimum absolute atomic E-state index is 0.0161. The molecule has 2 saturated carbocycles. The van der Waals surface area contributed by atoms with Gasteiger partial charge in [-0.1, -0.05) is 56.3 Å². The van der Waals surface area contributed by atoms with Gasteiger partial charge in [0.05, 0.1) is 30.6 Å². The van der Waals surface area contributed by atoms with Gasteiger partial charge < -0.3 is 29.5 Å². The molecule has 0 bridgehead atoms. The van der Waals surface area contributed by atoms with Gasteiger partial charge in [0.1, 0.15) is 23.4 Å². The molecule has 3 aromatic rings. The molecule has 4 aliphatic rings. The number of rotatable bonds is 11. The monoisotopic (exact) mass is 885 g/mol. The predicted octanol–water partition coefficient (Wildman–Crippen LogP) is 5.35. The lowest BCUT2D eigenvalue weighted by Gasteiger charge is -2.36. The first-order chi connectivity index (χ1) is 29.2. The van der Waals surface area contributed by atoms with Crippen molar-refractivity contribution in [2.24, 2.45) is 17.8 Å². The largest absolute Gasteiger partial charge is 0.497 e. The summed E-state index contributed by atoms with van der Waals surface area (Å²) in [6.07, 6.45) is -1.89. The number of sulfonamides is 1. The molecule has 4 N–H and O–H groups in total. The number of ether oxygens (including phenoxy) is 3. The van der Waals surface area contributed by atoms with E-state index in [2.05, 4.69) is 15.4 Å². The Labute approximate surface area is 359 Å². The Morgan fingerprint density at radius 2 is 1.77 bits per heavy atom. The summed E-state index contributed by atoms with van der Waals surface area (Å²) in [5.74, 6) is -2.72. The van der Waals surface area contributed by atoms with Crippen molar-refractivity contribution in [1.29, 1.82) is 0 Å². The highest BCUT2D eigenvalue weighted by atomic mass is 32.2. The van der Waals surface area contributed by atoms with E-state index in [-0.39, 0.29) is 31.2 Å². The molecule has 0 radical (unpaired) electrons. The number of carbonyl (C=O) groups excluding carboxylic acids is 3. The molecule has 62 heavy (non-hydrogen) atoms. The minimum Gasteiger partial charge on any atom is -0.497 e. The molecule has 0 spiro atoms. The van der Waals surface area contributed by atoms with Crippen LogP contribution in [0.25, 0.3) is 22.0 Å². The van der Waals surface area contributed by atoms with E-state index in [9.17, 15) is 41.1 Å². The molecule has 1 saturated heterocycles. The van der Waals surface area contributed by atoms with E-state index in [0.717, 1.165) is 24.8 Å². The van der Waals surface area contributed by atoms with Crippen LogP contribution in [0.1, 0.15) is 72.6 Å². The first-order valence-electron chi connectivity index (χ1n) is 21.0. The second kappa shape index (κ2) is 17.4. The number of halogens is 3. The fraction of sp³-hybridized carbons (Fsp3) is 0.545. The Kier molecular flexibility index (Phi) is 12.7. The topological polar surface area (TPSA) is 185 Å². The van der Waals surface area contributed by atoms with Crippen molar-refractivity contribution in [2.75, 3.05) is 13.7 Å². The quantitative estimate of drug-likeness (QED) is 0.144. The van der Waals surface area contributed by atoms with Crippen molar-refractivity contribution in [2.45, 2.75) is 120 Å². The predicted molar refractivity (Wildman–Crippen MR) is 223 cm³/mol. The number of hydrogen-bond acceptors (Lipinski definition) is 11. The van der Waals surface area contributed by atoms with E-state index in [4.69, 9.17) is 19.2 Å². The van der Waals surface area contributed by atoms with E-state index in [1.807, 2.05) is 55.5 Å². The number of hydrogen-bond donors (Lipinski definition) is 4. The summed E-state index contributed by atoms with van der Waals surface area (Å²) in [7, 11) is -2.44. The van der Waals surface area contributed by atoms with Crippen molar-refractivity contribution < 1.29 is 55.3 Å². The average molecular weight is 886 g/mol. The highest BCUT2D eigenvalue weighted by Crippen LogP contribution is 2.46. The lowest BCUT2D eigenvalue weighted by atomic mass is 9.88. The second-order valence-electron chi connectivity index (χ2n) is 17.6. The fourth-order valence-corrected chi connectivity index (χ4v) is 9.76. The number of benzene rings is 2. The smallest absolute Gasteiger partial charge is 0.417 e. The van der Waals surface area contributed by atoms with E-state index in [0.29, 0.717) is 48.9 Å². The Morgan fingerprint density at radius 3 is 2.45 bits per heavy atom.